The molecule has 154 valence electrons. The molecule has 0 saturated carbocycles. The molecule has 3 rings (SSSR count). The molecular formula is C22H27N3O4. The summed E-state index contributed by atoms with van der Waals surface area (Å²) in [4.78, 5) is 30.9. The Labute approximate surface area is 170 Å². The second-order valence-corrected chi connectivity index (χ2v) is 7.91. The van der Waals surface area contributed by atoms with Gasteiger partial charge in [0.1, 0.15) is 12.6 Å². The maximum absolute atomic E-state index is 12.8. The SMILES string of the molecule is CC(C)(CNC(=O)[C@@H]1C[C@@H](O)CN1C(=O)OCc1ccccc1)c1ccccn1. The normalized spacial score (nSPS) is 19.1. The molecule has 29 heavy (non-hydrogen) atoms. The molecule has 2 heterocycles. The Morgan fingerprint density at radius 2 is 1.93 bits per heavy atom. The summed E-state index contributed by atoms with van der Waals surface area (Å²) in [5.41, 5.74) is 1.36. The van der Waals surface area contributed by atoms with Crippen LogP contribution in [0.2, 0.25) is 0 Å². The molecule has 2 N–H and O–H groups in total. The van der Waals surface area contributed by atoms with Crippen LogP contribution in [0.15, 0.2) is 54.7 Å². The number of amides is 2. The maximum Gasteiger partial charge on any atom is 0.410 e. The van der Waals surface area contributed by atoms with Crippen LogP contribution in [0.3, 0.4) is 0 Å². The first kappa shape index (κ1) is 20.8. The largest absolute Gasteiger partial charge is 0.445 e. The number of β-amino-alcohol motifs (C(OH)–C–C–N with tert-alkyl or cyclic N) is 1. The Morgan fingerprint density at radius 3 is 2.62 bits per heavy atom. The highest BCUT2D eigenvalue weighted by molar-refractivity contribution is 5.86. The number of pyridine rings is 1. The van der Waals surface area contributed by atoms with E-state index >= 15 is 0 Å². The average Bonchev–Trinajstić information content (AvgIpc) is 3.13. The van der Waals surface area contributed by atoms with Crippen molar-refractivity contribution in [1.29, 1.82) is 0 Å². The molecule has 0 aliphatic carbocycles. The van der Waals surface area contributed by atoms with Crippen LogP contribution in [0.1, 0.15) is 31.5 Å². The molecule has 2 aromatic rings. The van der Waals surface area contributed by atoms with Crippen molar-refractivity contribution < 1.29 is 19.4 Å². The number of benzene rings is 1. The first-order valence-corrected chi connectivity index (χ1v) is 9.71. The van der Waals surface area contributed by atoms with Crippen LogP contribution in [-0.4, -0.2) is 52.2 Å². The molecule has 1 fully saturated rings. The first-order valence-electron chi connectivity index (χ1n) is 9.71. The minimum absolute atomic E-state index is 0.0787. The molecule has 7 heteroatoms. The van der Waals surface area contributed by atoms with E-state index in [1.54, 1.807) is 6.20 Å². The van der Waals surface area contributed by atoms with Crippen LogP contribution in [0.25, 0.3) is 0 Å². The van der Waals surface area contributed by atoms with Gasteiger partial charge < -0.3 is 15.2 Å². The van der Waals surface area contributed by atoms with E-state index in [1.807, 2.05) is 62.4 Å². The van der Waals surface area contributed by atoms with Crippen LogP contribution in [0.5, 0.6) is 0 Å². The van der Waals surface area contributed by atoms with Gasteiger partial charge in [0.05, 0.1) is 12.6 Å². The van der Waals surface area contributed by atoms with Crippen molar-refractivity contribution in [3.05, 3.63) is 66.0 Å². The lowest BCUT2D eigenvalue weighted by atomic mass is 9.88. The van der Waals surface area contributed by atoms with Crippen molar-refractivity contribution in [3.8, 4) is 0 Å². The average molecular weight is 397 g/mol. The number of aliphatic hydroxyl groups excluding tert-OH is 1. The summed E-state index contributed by atoms with van der Waals surface area (Å²) < 4.78 is 5.34. The monoisotopic (exact) mass is 397 g/mol. The van der Waals surface area contributed by atoms with Gasteiger partial charge >= 0.3 is 6.09 Å². The Balaban J connectivity index is 1.58. The van der Waals surface area contributed by atoms with Gasteiger partial charge in [0.2, 0.25) is 5.91 Å². The summed E-state index contributed by atoms with van der Waals surface area (Å²) in [5.74, 6) is -0.304. The third-order valence-corrected chi connectivity index (χ3v) is 5.08. The Hall–Kier alpha value is -2.93. The fourth-order valence-corrected chi connectivity index (χ4v) is 3.35. The number of hydrogen-bond donors (Lipinski definition) is 2. The quantitative estimate of drug-likeness (QED) is 0.780. The predicted molar refractivity (Wildman–Crippen MR) is 108 cm³/mol. The first-order chi connectivity index (χ1) is 13.9. The number of rotatable bonds is 6. The van der Waals surface area contributed by atoms with Crippen LogP contribution < -0.4 is 5.32 Å². The van der Waals surface area contributed by atoms with E-state index in [2.05, 4.69) is 10.3 Å². The van der Waals surface area contributed by atoms with Gasteiger partial charge in [0.15, 0.2) is 0 Å². The van der Waals surface area contributed by atoms with Gasteiger partial charge in [-0.25, -0.2) is 4.79 Å². The van der Waals surface area contributed by atoms with Crippen molar-refractivity contribution in [1.82, 2.24) is 15.2 Å². The van der Waals surface area contributed by atoms with Gasteiger partial charge in [-0.3, -0.25) is 14.7 Å². The van der Waals surface area contributed by atoms with E-state index in [9.17, 15) is 14.7 Å². The molecule has 2 atom stereocenters. The summed E-state index contributed by atoms with van der Waals surface area (Å²) >= 11 is 0. The third-order valence-electron chi connectivity index (χ3n) is 5.08. The maximum atomic E-state index is 12.8. The topological polar surface area (TPSA) is 91.8 Å². The van der Waals surface area contributed by atoms with Crippen molar-refractivity contribution in [2.45, 2.75) is 44.4 Å². The van der Waals surface area contributed by atoms with E-state index in [4.69, 9.17) is 4.74 Å². The number of carbonyl (C=O) groups excluding carboxylic acids is 2. The minimum atomic E-state index is -0.757. The number of ether oxygens (including phenoxy) is 1. The Kier molecular flexibility index (Phi) is 6.49. The summed E-state index contributed by atoms with van der Waals surface area (Å²) in [6, 6.07) is 14.2. The lowest BCUT2D eigenvalue weighted by Crippen LogP contribution is -2.48. The molecule has 7 nitrogen and oxygen atoms in total. The van der Waals surface area contributed by atoms with E-state index in [0.717, 1.165) is 11.3 Å². The second-order valence-electron chi connectivity index (χ2n) is 7.91. The number of aromatic nitrogens is 1. The van der Waals surface area contributed by atoms with E-state index < -0.39 is 18.2 Å². The number of likely N-dealkylation sites (tertiary alicyclic amines) is 1. The van der Waals surface area contributed by atoms with Gasteiger partial charge in [-0.15, -0.1) is 0 Å². The second kappa shape index (κ2) is 9.05. The molecular weight excluding hydrogens is 370 g/mol. The summed E-state index contributed by atoms with van der Waals surface area (Å²) in [5, 5.41) is 12.9. The third kappa shape index (κ3) is 5.32. The highest BCUT2D eigenvalue weighted by Crippen LogP contribution is 2.22. The predicted octanol–water partition coefficient (Wildman–Crippen LogP) is 2.25. The van der Waals surface area contributed by atoms with Crippen LogP contribution in [-0.2, 0) is 21.6 Å². The molecule has 1 aromatic heterocycles. The fourth-order valence-electron chi connectivity index (χ4n) is 3.35. The lowest BCUT2D eigenvalue weighted by molar-refractivity contribution is -0.125. The molecule has 0 unspecified atom stereocenters. The van der Waals surface area contributed by atoms with E-state index in [0.29, 0.717) is 6.54 Å². The Bertz CT molecular complexity index is 826. The zero-order valence-corrected chi connectivity index (χ0v) is 16.7. The molecule has 1 aromatic carbocycles. The van der Waals surface area contributed by atoms with E-state index in [1.165, 1.54) is 4.90 Å². The number of aliphatic hydroxyl groups is 1. The van der Waals surface area contributed by atoms with Gasteiger partial charge in [-0.05, 0) is 17.7 Å². The lowest BCUT2D eigenvalue weighted by Gasteiger charge is -2.27. The van der Waals surface area contributed by atoms with Gasteiger partial charge in [-0.2, -0.15) is 0 Å². The summed E-state index contributed by atoms with van der Waals surface area (Å²) in [6.45, 7) is 4.54. The number of hydrogen-bond acceptors (Lipinski definition) is 5. The molecule has 0 spiro atoms. The van der Waals surface area contributed by atoms with Crippen molar-refractivity contribution >= 4 is 12.0 Å². The smallest absolute Gasteiger partial charge is 0.410 e. The molecule has 0 radical (unpaired) electrons. The van der Waals surface area contributed by atoms with Gasteiger partial charge in [0, 0.05) is 30.3 Å². The van der Waals surface area contributed by atoms with Crippen LogP contribution >= 0.6 is 0 Å². The molecule has 0 bridgehead atoms. The number of nitrogens with one attached hydrogen (secondary N) is 1. The Morgan fingerprint density at radius 1 is 1.21 bits per heavy atom. The standard InChI is InChI=1S/C22H27N3O4/c1-22(2,19-10-6-7-11-23-19)15-24-20(27)18-12-17(26)13-25(18)21(28)29-14-16-8-4-3-5-9-16/h3-11,17-18,26H,12-15H2,1-2H3,(H,24,27)/t17-,18+/m1/s1. The molecule has 2 amide bonds. The van der Waals surface area contributed by atoms with Crippen LogP contribution in [0, 0.1) is 0 Å². The van der Waals surface area contributed by atoms with Crippen molar-refractivity contribution in [2.75, 3.05) is 13.1 Å². The number of nitrogens with zero attached hydrogens (tertiary/aromatic N) is 2. The molecule has 1 aliphatic heterocycles. The fraction of sp³-hybridized carbons (Fsp3) is 0.409. The summed E-state index contributed by atoms with van der Waals surface area (Å²) in [6.07, 6.45) is 0.556. The molecule has 1 aliphatic rings. The minimum Gasteiger partial charge on any atom is -0.445 e. The summed E-state index contributed by atoms with van der Waals surface area (Å²) in [7, 11) is 0. The molecule has 1 saturated heterocycles. The zero-order chi connectivity index (χ0) is 20.9. The van der Waals surface area contributed by atoms with Gasteiger partial charge in [0.25, 0.3) is 0 Å². The zero-order valence-electron chi connectivity index (χ0n) is 16.7. The highest BCUT2D eigenvalue weighted by atomic mass is 16.6. The van der Waals surface area contributed by atoms with Crippen molar-refractivity contribution in [3.63, 3.8) is 0 Å². The van der Waals surface area contributed by atoms with Crippen LogP contribution in [0.4, 0.5) is 4.79 Å². The van der Waals surface area contributed by atoms with Crippen molar-refractivity contribution in [2.24, 2.45) is 0 Å². The van der Waals surface area contributed by atoms with Gasteiger partial charge in [-0.1, -0.05) is 50.2 Å². The highest BCUT2D eigenvalue weighted by Gasteiger charge is 2.40. The van der Waals surface area contributed by atoms with E-state index in [-0.39, 0.29) is 30.9 Å². The number of carbonyl (C=O) groups is 2.